The van der Waals surface area contributed by atoms with Crippen LogP contribution in [0.2, 0.25) is 8.87 Å². The molecule has 35 heavy (non-hydrogen) atoms. The topological polar surface area (TPSA) is 80.3 Å². The van der Waals surface area contributed by atoms with Crippen LogP contribution < -0.4 is 10.2 Å². The number of unbranched alkanes of at least 4 members (excludes halogenated alkanes) is 8. The Morgan fingerprint density at radius 2 is 0.886 bits per heavy atom. The molecule has 0 amide bonds. The van der Waals surface area contributed by atoms with Crippen LogP contribution in [-0.4, -0.2) is 33.1 Å². The van der Waals surface area contributed by atoms with Crippen molar-refractivity contribution in [2.75, 3.05) is 0 Å². The molecule has 0 aromatic rings. The Morgan fingerprint density at radius 1 is 0.543 bits per heavy atom. The van der Waals surface area contributed by atoms with Crippen molar-refractivity contribution >= 4 is 33.1 Å². The predicted octanol–water partition coefficient (Wildman–Crippen LogP) is 7.37. The van der Waals surface area contributed by atoms with Crippen molar-refractivity contribution in [1.29, 1.82) is 0 Å². The minimum absolute atomic E-state index is 0.124. The SMILES string of the molecule is CC(C)(C)CCCCCC(=O)[O-].CC(C)(C)CCCCCC(=O)[O-].CCCC[CH2][Sn+2][CH2]CCCC. The molecule has 0 aliphatic heterocycles. The zero-order chi connectivity index (χ0) is 27.6. The fraction of sp³-hybridized carbons (Fsp3) is 0.933. The Morgan fingerprint density at radius 3 is 1.14 bits per heavy atom. The zero-order valence-corrected chi connectivity index (χ0v) is 27.7. The molecule has 0 unspecified atom stereocenters. The number of rotatable bonds is 18. The van der Waals surface area contributed by atoms with Gasteiger partial charge in [-0.1, -0.05) is 67.2 Å². The van der Waals surface area contributed by atoms with E-state index in [1.54, 1.807) is 8.87 Å². The molecule has 0 N–H and O–H groups in total. The summed E-state index contributed by atoms with van der Waals surface area (Å²) in [6.45, 7) is 17.8. The molecule has 5 heteroatoms. The van der Waals surface area contributed by atoms with Gasteiger partial charge in [-0.25, -0.2) is 0 Å². The number of carboxylic acids is 2. The van der Waals surface area contributed by atoms with Crippen LogP contribution in [0.5, 0.6) is 0 Å². The van der Waals surface area contributed by atoms with Gasteiger partial charge in [0.2, 0.25) is 0 Å². The van der Waals surface area contributed by atoms with Gasteiger partial charge in [-0.3, -0.25) is 0 Å². The first-order valence-corrected chi connectivity index (χ1v) is 18.4. The maximum atomic E-state index is 10.0. The average molecular weight is 604 g/mol. The molecule has 0 fully saturated rings. The summed E-state index contributed by atoms with van der Waals surface area (Å²) in [5, 5.41) is 20.1. The number of hydrogen-bond donors (Lipinski definition) is 0. The summed E-state index contributed by atoms with van der Waals surface area (Å²) >= 11 is 0.124. The van der Waals surface area contributed by atoms with Gasteiger partial charge in [0.25, 0.3) is 0 Å². The Hall–Kier alpha value is -0.261. The predicted molar refractivity (Wildman–Crippen MR) is 150 cm³/mol. The third kappa shape index (κ3) is 51.3. The molecule has 208 valence electrons. The first-order valence-electron chi connectivity index (χ1n) is 14.4. The van der Waals surface area contributed by atoms with Crippen LogP contribution in [0.25, 0.3) is 0 Å². The standard InChI is InChI=1S/2C10H20O2.2C5H11.Sn/c2*1-10(2,3)8-6-4-5-7-9(11)12;2*1-3-5-4-2;/h2*4-8H2,1-3H3,(H,11,12);2*1,3-5H2,2H3;/q;;;;+2/p-2. The van der Waals surface area contributed by atoms with E-state index in [-0.39, 0.29) is 34.0 Å². The van der Waals surface area contributed by atoms with E-state index >= 15 is 0 Å². The van der Waals surface area contributed by atoms with Gasteiger partial charge < -0.3 is 19.8 Å². The molecule has 0 saturated carbocycles. The fourth-order valence-corrected chi connectivity index (χ4v) is 6.90. The summed E-state index contributed by atoms with van der Waals surface area (Å²) in [6.07, 6.45) is 17.4. The molecular weight excluding hydrogens is 543 g/mol. The van der Waals surface area contributed by atoms with Crippen molar-refractivity contribution in [3.05, 3.63) is 0 Å². The number of carboxylic acid groups (broad SMARTS) is 2. The van der Waals surface area contributed by atoms with Gasteiger partial charge >= 0.3 is 82.4 Å². The van der Waals surface area contributed by atoms with Gasteiger partial charge in [-0.15, -0.1) is 0 Å². The van der Waals surface area contributed by atoms with Crippen LogP contribution in [0.3, 0.4) is 0 Å². The zero-order valence-electron chi connectivity index (χ0n) is 24.9. The summed E-state index contributed by atoms with van der Waals surface area (Å²) in [6, 6.07) is 0. The van der Waals surface area contributed by atoms with E-state index in [0.29, 0.717) is 10.8 Å². The van der Waals surface area contributed by atoms with E-state index in [0.717, 1.165) is 38.5 Å². The van der Waals surface area contributed by atoms with Crippen LogP contribution in [0.4, 0.5) is 0 Å². The number of hydrogen-bond acceptors (Lipinski definition) is 4. The van der Waals surface area contributed by atoms with Gasteiger partial charge in [-0.2, -0.15) is 0 Å². The monoisotopic (exact) mass is 604 g/mol. The first kappa shape index (κ1) is 39.3. The summed E-state index contributed by atoms with van der Waals surface area (Å²) in [7, 11) is 0. The molecule has 0 saturated heterocycles. The Kier molecular flexibility index (Phi) is 30.0. The van der Waals surface area contributed by atoms with Crippen molar-refractivity contribution < 1.29 is 19.8 Å². The molecule has 0 radical (unpaired) electrons. The molecule has 0 atom stereocenters. The van der Waals surface area contributed by atoms with Gasteiger partial charge in [0.15, 0.2) is 0 Å². The maximum absolute atomic E-state index is 10.0. The van der Waals surface area contributed by atoms with E-state index in [1.165, 1.54) is 51.4 Å². The van der Waals surface area contributed by atoms with Crippen LogP contribution >= 0.6 is 0 Å². The van der Waals surface area contributed by atoms with Gasteiger partial charge in [-0.05, 0) is 49.4 Å². The fourth-order valence-electron chi connectivity index (χ4n) is 3.33. The molecule has 0 bridgehead atoms. The van der Waals surface area contributed by atoms with Crippen molar-refractivity contribution in [2.24, 2.45) is 10.8 Å². The molecule has 0 heterocycles. The molecule has 0 aliphatic rings. The van der Waals surface area contributed by atoms with Crippen LogP contribution in [0, 0.1) is 10.8 Å². The molecule has 0 aromatic heterocycles. The number of carbonyl (C=O) groups excluding carboxylic acids is 2. The summed E-state index contributed by atoms with van der Waals surface area (Å²) < 4.78 is 3.28. The van der Waals surface area contributed by atoms with Crippen LogP contribution in [-0.2, 0) is 9.59 Å². The normalized spacial score (nSPS) is 11.0. The van der Waals surface area contributed by atoms with Gasteiger partial charge in [0.05, 0.1) is 0 Å². The third-order valence-corrected chi connectivity index (χ3v) is 9.57. The Bertz CT molecular complexity index is 422. The van der Waals surface area contributed by atoms with Gasteiger partial charge in [0.1, 0.15) is 0 Å². The molecule has 0 rings (SSSR count). The van der Waals surface area contributed by atoms with Crippen LogP contribution in [0.15, 0.2) is 0 Å². The van der Waals surface area contributed by atoms with Crippen LogP contribution in [0.1, 0.15) is 158 Å². The quantitative estimate of drug-likeness (QED) is 0.121. The van der Waals surface area contributed by atoms with Crippen molar-refractivity contribution in [3.63, 3.8) is 0 Å². The molecule has 0 aromatic carbocycles. The molecule has 0 spiro atoms. The molecule has 4 nitrogen and oxygen atoms in total. The second kappa shape index (κ2) is 26.8. The van der Waals surface area contributed by atoms with E-state index in [2.05, 4.69) is 55.4 Å². The number of carbonyl (C=O) groups is 2. The summed E-state index contributed by atoms with van der Waals surface area (Å²) in [5.74, 6) is -1.85. The second-order valence-electron chi connectivity index (χ2n) is 12.2. The average Bonchev–Trinajstić information content (AvgIpc) is 2.71. The molecule has 0 aliphatic carbocycles. The van der Waals surface area contributed by atoms with Crippen molar-refractivity contribution in [2.45, 2.75) is 167 Å². The second-order valence-corrected chi connectivity index (χ2v) is 16.4. The van der Waals surface area contributed by atoms with Crippen molar-refractivity contribution in [3.8, 4) is 0 Å². The minimum atomic E-state index is -0.925. The van der Waals surface area contributed by atoms with E-state index < -0.39 is 11.9 Å². The third-order valence-electron chi connectivity index (χ3n) is 5.53. The Balaban J connectivity index is -0.000000439. The summed E-state index contributed by atoms with van der Waals surface area (Å²) in [5.41, 5.74) is 0.753. The van der Waals surface area contributed by atoms with Gasteiger partial charge in [0, 0.05) is 11.9 Å². The van der Waals surface area contributed by atoms with E-state index in [4.69, 9.17) is 0 Å². The van der Waals surface area contributed by atoms with E-state index in [9.17, 15) is 19.8 Å². The first-order chi connectivity index (χ1) is 16.2. The number of aliphatic carboxylic acids is 2. The van der Waals surface area contributed by atoms with Crippen molar-refractivity contribution in [1.82, 2.24) is 0 Å². The molecular formula is C30H60O4Sn. The Labute approximate surface area is 230 Å². The summed E-state index contributed by atoms with van der Waals surface area (Å²) in [4.78, 5) is 20.1. The van der Waals surface area contributed by atoms with E-state index in [1.807, 2.05) is 0 Å².